The SMILES string of the molecule is O=Cc1ccc(N2CCC(CC3CCN(C(=O)[C@](O)(c4cccc(F)c4)C(F)F)CC3)CC2)cc1Cl. The minimum absolute atomic E-state index is 0.286. The number of hydrogen-bond acceptors (Lipinski definition) is 4. The Balaban J connectivity index is 1.29. The van der Waals surface area contributed by atoms with Gasteiger partial charge in [-0.05, 0) is 74.3 Å². The van der Waals surface area contributed by atoms with Crippen molar-refractivity contribution in [3.63, 3.8) is 0 Å². The Hall–Kier alpha value is -2.58. The van der Waals surface area contributed by atoms with Gasteiger partial charge in [0, 0.05) is 43.0 Å². The molecule has 0 aliphatic carbocycles. The fourth-order valence-electron chi connectivity index (χ4n) is 5.39. The van der Waals surface area contributed by atoms with Crippen LogP contribution in [0.2, 0.25) is 5.02 Å². The van der Waals surface area contributed by atoms with E-state index < -0.39 is 29.3 Å². The predicted molar refractivity (Wildman–Crippen MR) is 132 cm³/mol. The van der Waals surface area contributed by atoms with E-state index in [4.69, 9.17) is 11.6 Å². The topological polar surface area (TPSA) is 60.9 Å². The molecule has 2 aromatic carbocycles. The lowest BCUT2D eigenvalue weighted by Crippen LogP contribution is -2.53. The van der Waals surface area contributed by atoms with Crippen LogP contribution >= 0.6 is 11.6 Å². The molecule has 2 aliphatic rings. The maximum atomic E-state index is 13.9. The third kappa shape index (κ3) is 5.54. The van der Waals surface area contributed by atoms with Crippen LogP contribution in [-0.2, 0) is 10.4 Å². The van der Waals surface area contributed by atoms with Crippen LogP contribution in [0.25, 0.3) is 0 Å². The molecule has 0 unspecified atom stereocenters. The van der Waals surface area contributed by atoms with Gasteiger partial charge in [-0.1, -0.05) is 23.7 Å². The lowest BCUT2D eigenvalue weighted by molar-refractivity contribution is -0.173. The van der Waals surface area contributed by atoms with Crippen LogP contribution in [0.15, 0.2) is 42.5 Å². The number of aliphatic hydroxyl groups is 1. The van der Waals surface area contributed by atoms with Gasteiger partial charge in [0.15, 0.2) is 6.29 Å². The summed E-state index contributed by atoms with van der Waals surface area (Å²) in [7, 11) is 0. The molecule has 0 radical (unpaired) electrons. The van der Waals surface area contributed by atoms with E-state index in [1.807, 2.05) is 12.1 Å². The number of rotatable bonds is 7. The van der Waals surface area contributed by atoms with E-state index in [1.165, 1.54) is 11.0 Å². The molecule has 36 heavy (non-hydrogen) atoms. The van der Waals surface area contributed by atoms with Crippen molar-refractivity contribution >= 4 is 29.5 Å². The second kappa shape index (κ2) is 11.2. The van der Waals surface area contributed by atoms with Crippen molar-refractivity contribution in [2.45, 2.75) is 44.1 Å². The first-order valence-electron chi connectivity index (χ1n) is 12.3. The van der Waals surface area contributed by atoms with Crippen LogP contribution < -0.4 is 4.90 Å². The molecule has 2 fully saturated rings. The number of nitrogens with zero attached hydrogens (tertiary/aromatic N) is 2. The normalized spacial score (nSPS) is 19.4. The van der Waals surface area contributed by atoms with Gasteiger partial charge >= 0.3 is 0 Å². The van der Waals surface area contributed by atoms with Crippen LogP contribution in [0.5, 0.6) is 0 Å². The Bertz CT molecular complexity index is 1090. The summed E-state index contributed by atoms with van der Waals surface area (Å²) in [4.78, 5) is 27.5. The maximum absolute atomic E-state index is 13.9. The van der Waals surface area contributed by atoms with Crippen molar-refractivity contribution < 1.29 is 27.9 Å². The molecule has 1 atom stereocenters. The zero-order valence-electron chi connectivity index (χ0n) is 19.9. The van der Waals surface area contributed by atoms with Crippen molar-refractivity contribution in [3.05, 3.63) is 64.4 Å². The molecule has 2 saturated heterocycles. The minimum Gasteiger partial charge on any atom is -0.371 e. The maximum Gasteiger partial charge on any atom is 0.280 e. The van der Waals surface area contributed by atoms with Gasteiger partial charge in [-0.15, -0.1) is 0 Å². The van der Waals surface area contributed by atoms with E-state index in [9.17, 15) is 27.9 Å². The Labute approximate surface area is 213 Å². The van der Waals surface area contributed by atoms with Gasteiger partial charge in [-0.25, -0.2) is 13.2 Å². The Morgan fingerprint density at radius 2 is 1.69 bits per heavy atom. The summed E-state index contributed by atoms with van der Waals surface area (Å²) in [5.74, 6) is -0.955. The van der Waals surface area contributed by atoms with Gasteiger partial charge in [0.1, 0.15) is 5.82 Å². The standard InChI is InChI=1S/C27H30ClF3N2O3/c28-24-16-23(5-4-20(24)17-34)32-10-6-18(7-11-32)14-19-8-12-33(13-9-19)26(35)27(36,25(30)31)21-2-1-3-22(29)15-21/h1-5,15-19,25,36H,6-14H2/t27-/m0/s1. The van der Waals surface area contributed by atoms with Gasteiger partial charge < -0.3 is 14.9 Å². The lowest BCUT2D eigenvalue weighted by Gasteiger charge is -2.39. The van der Waals surface area contributed by atoms with Crippen LogP contribution in [0.1, 0.15) is 48.0 Å². The molecule has 2 heterocycles. The van der Waals surface area contributed by atoms with Crippen molar-refractivity contribution in [1.82, 2.24) is 4.90 Å². The van der Waals surface area contributed by atoms with Gasteiger partial charge in [0.05, 0.1) is 5.02 Å². The van der Waals surface area contributed by atoms with Gasteiger partial charge in [0.2, 0.25) is 5.60 Å². The highest BCUT2D eigenvalue weighted by Crippen LogP contribution is 2.35. The van der Waals surface area contributed by atoms with Crippen LogP contribution in [-0.4, -0.2) is 54.8 Å². The number of likely N-dealkylation sites (tertiary alicyclic amines) is 1. The molecule has 0 bridgehead atoms. The number of amides is 1. The first-order chi connectivity index (χ1) is 17.2. The number of anilines is 1. The number of halogens is 4. The fraction of sp³-hybridized carbons (Fsp3) is 0.481. The molecule has 0 spiro atoms. The van der Waals surface area contributed by atoms with Crippen molar-refractivity contribution in [2.24, 2.45) is 11.8 Å². The van der Waals surface area contributed by atoms with Gasteiger partial charge in [0.25, 0.3) is 12.3 Å². The van der Waals surface area contributed by atoms with Crippen LogP contribution in [0.4, 0.5) is 18.9 Å². The average molecular weight is 523 g/mol. The summed E-state index contributed by atoms with van der Waals surface area (Å²) in [6.07, 6.45) is 1.75. The van der Waals surface area contributed by atoms with Crippen LogP contribution in [0.3, 0.4) is 0 Å². The highest BCUT2D eigenvalue weighted by atomic mass is 35.5. The lowest BCUT2D eigenvalue weighted by atomic mass is 9.82. The quantitative estimate of drug-likeness (QED) is 0.502. The van der Waals surface area contributed by atoms with Crippen molar-refractivity contribution in [2.75, 3.05) is 31.1 Å². The fourth-order valence-corrected chi connectivity index (χ4v) is 5.61. The molecular formula is C27H30ClF3N2O3. The number of benzene rings is 2. The van der Waals surface area contributed by atoms with Gasteiger partial charge in [-0.2, -0.15) is 0 Å². The predicted octanol–water partition coefficient (Wildman–Crippen LogP) is 5.29. The van der Waals surface area contributed by atoms with E-state index in [0.717, 1.165) is 62.5 Å². The minimum atomic E-state index is -3.38. The summed E-state index contributed by atoms with van der Waals surface area (Å²) in [5.41, 5.74) is -2.02. The number of piperidine rings is 2. The average Bonchev–Trinajstić information content (AvgIpc) is 2.88. The third-order valence-electron chi connectivity index (χ3n) is 7.57. The monoisotopic (exact) mass is 522 g/mol. The number of alkyl halides is 2. The molecule has 1 N–H and O–H groups in total. The Morgan fingerprint density at radius 3 is 2.25 bits per heavy atom. The Kier molecular flexibility index (Phi) is 8.25. The summed E-state index contributed by atoms with van der Waals surface area (Å²) in [6.45, 7) is 2.34. The summed E-state index contributed by atoms with van der Waals surface area (Å²) >= 11 is 6.17. The molecule has 2 aliphatic heterocycles. The van der Waals surface area contributed by atoms with Crippen molar-refractivity contribution in [1.29, 1.82) is 0 Å². The molecule has 0 aromatic heterocycles. The number of hydrogen-bond donors (Lipinski definition) is 1. The van der Waals surface area contributed by atoms with Crippen LogP contribution in [0, 0.1) is 17.7 Å². The zero-order valence-corrected chi connectivity index (χ0v) is 20.6. The van der Waals surface area contributed by atoms with E-state index in [1.54, 1.807) is 6.07 Å². The molecule has 2 aromatic rings. The van der Waals surface area contributed by atoms with Crippen molar-refractivity contribution in [3.8, 4) is 0 Å². The first-order valence-corrected chi connectivity index (χ1v) is 12.7. The van der Waals surface area contributed by atoms with E-state index in [0.29, 0.717) is 35.3 Å². The van der Waals surface area contributed by atoms with E-state index in [2.05, 4.69) is 4.90 Å². The second-order valence-corrected chi connectivity index (χ2v) is 10.2. The molecule has 9 heteroatoms. The molecule has 194 valence electrons. The number of carbonyl (C=O) groups is 2. The summed E-state index contributed by atoms with van der Waals surface area (Å²) < 4.78 is 41.3. The molecule has 1 amide bonds. The number of carbonyl (C=O) groups excluding carboxylic acids is 2. The summed E-state index contributed by atoms with van der Waals surface area (Å²) in [5, 5.41) is 11.1. The highest BCUT2D eigenvalue weighted by Gasteiger charge is 2.50. The third-order valence-corrected chi connectivity index (χ3v) is 7.89. The first kappa shape index (κ1) is 26.5. The molecule has 0 saturated carbocycles. The van der Waals surface area contributed by atoms with E-state index >= 15 is 0 Å². The van der Waals surface area contributed by atoms with Gasteiger partial charge in [-0.3, -0.25) is 9.59 Å². The zero-order chi connectivity index (χ0) is 25.9. The smallest absolute Gasteiger partial charge is 0.280 e. The largest absolute Gasteiger partial charge is 0.371 e. The van der Waals surface area contributed by atoms with E-state index in [-0.39, 0.29) is 13.1 Å². The Morgan fingerprint density at radius 1 is 1.06 bits per heavy atom. The number of aldehydes is 1. The molecule has 5 nitrogen and oxygen atoms in total. The second-order valence-electron chi connectivity index (χ2n) is 9.80. The molecular weight excluding hydrogens is 493 g/mol. The summed E-state index contributed by atoms with van der Waals surface area (Å²) in [6, 6.07) is 9.68. The highest BCUT2D eigenvalue weighted by molar-refractivity contribution is 6.33. The molecule has 4 rings (SSSR count).